The lowest BCUT2D eigenvalue weighted by Crippen LogP contribution is -2.26. The van der Waals surface area contributed by atoms with Gasteiger partial charge in [-0.3, -0.25) is 10.1 Å². The predicted molar refractivity (Wildman–Crippen MR) is 122 cm³/mol. The van der Waals surface area contributed by atoms with Crippen LogP contribution in [0.25, 0.3) is 0 Å². The number of amides is 1. The Bertz CT molecular complexity index is 1060. The summed E-state index contributed by atoms with van der Waals surface area (Å²) < 4.78 is 10.6. The SMILES string of the molecule is COc1ccc([C@@H](OC)C(=O)Nc2nnc(N[C@@H]3CCN(c4cc(C)cnn4)C3)s2)cc1. The topological polar surface area (TPSA) is 114 Å². The van der Waals surface area contributed by atoms with E-state index in [4.69, 9.17) is 9.47 Å². The summed E-state index contributed by atoms with van der Waals surface area (Å²) in [6.07, 6.45) is 1.93. The van der Waals surface area contributed by atoms with Gasteiger partial charge in [-0.1, -0.05) is 23.5 Å². The second-order valence-corrected chi connectivity index (χ2v) is 8.44. The van der Waals surface area contributed by atoms with E-state index in [-0.39, 0.29) is 11.9 Å². The van der Waals surface area contributed by atoms with Gasteiger partial charge >= 0.3 is 0 Å². The van der Waals surface area contributed by atoms with E-state index in [0.717, 1.165) is 36.5 Å². The molecule has 0 aliphatic carbocycles. The van der Waals surface area contributed by atoms with Crippen LogP contribution in [-0.4, -0.2) is 59.7 Å². The van der Waals surface area contributed by atoms with Crippen LogP contribution in [0, 0.1) is 6.92 Å². The normalized spacial score (nSPS) is 16.6. The molecule has 0 unspecified atom stereocenters. The molecule has 2 N–H and O–H groups in total. The van der Waals surface area contributed by atoms with Crippen LogP contribution in [0.1, 0.15) is 23.7 Å². The van der Waals surface area contributed by atoms with Gasteiger partial charge < -0.3 is 19.7 Å². The van der Waals surface area contributed by atoms with Crippen molar-refractivity contribution in [3.8, 4) is 5.75 Å². The van der Waals surface area contributed by atoms with E-state index in [1.165, 1.54) is 18.4 Å². The van der Waals surface area contributed by atoms with Gasteiger partial charge in [-0.2, -0.15) is 5.10 Å². The average molecular weight is 456 g/mol. The maximum absolute atomic E-state index is 12.7. The van der Waals surface area contributed by atoms with Gasteiger partial charge in [0.2, 0.25) is 10.3 Å². The molecule has 1 saturated heterocycles. The first-order valence-electron chi connectivity index (χ1n) is 10.2. The number of aryl methyl sites for hydroxylation is 1. The van der Waals surface area contributed by atoms with E-state index >= 15 is 0 Å². The van der Waals surface area contributed by atoms with E-state index in [2.05, 4.69) is 35.9 Å². The number of aromatic nitrogens is 4. The lowest BCUT2D eigenvalue weighted by atomic mass is 10.1. The molecule has 1 aliphatic heterocycles. The number of methoxy groups -OCH3 is 2. The lowest BCUT2D eigenvalue weighted by molar-refractivity contribution is -0.126. The Hall–Kier alpha value is -3.31. The van der Waals surface area contributed by atoms with Crippen molar-refractivity contribution < 1.29 is 14.3 Å². The minimum absolute atomic E-state index is 0.208. The van der Waals surface area contributed by atoms with Crippen LogP contribution >= 0.6 is 11.3 Å². The minimum Gasteiger partial charge on any atom is -0.497 e. The van der Waals surface area contributed by atoms with E-state index < -0.39 is 6.10 Å². The van der Waals surface area contributed by atoms with Crippen molar-refractivity contribution in [1.82, 2.24) is 20.4 Å². The minimum atomic E-state index is -0.764. The summed E-state index contributed by atoms with van der Waals surface area (Å²) in [6.45, 7) is 3.68. The molecule has 1 amide bonds. The number of hydrogen-bond acceptors (Lipinski definition) is 10. The van der Waals surface area contributed by atoms with Gasteiger partial charge in [-0.25, -0.2) is 0 Å². The van der Waals surface area contributed by atoms with Gasteiger partial charge in [0, 0.05) is 26.2 Å². The number of nitrogens with zero attached hydrogens (tertiary/aromatic N) is 5. The molecule has 168 valence electrons. The first-order chi connectivity index (χ1) is 15.6. The second-order valence-electron chi connectivity index (χ2n) is 7.46. The zero-order chi connectivity index (χ0) is 22.5. The quantitative estimate of drug-likeness (QED) is 0.529. The molecule has 0 spiro atoms. The molecule has 0 bridgehead atoms. The van der Waals surface area contributed by atoms with Gasteiger partial charge in [0.05, 0.1) is 13.3 Å². The second kappa shape index (κ2) is 9.88. The molecule has 4 rings (SSSR count). The van der Waals surface area contributed by atoms with Crippen molar-refractivity contribution in [2.24, 2.45) is 0 Å². The fourth-order valence-corrected chi connectivity index (χ4v) is 4.26. The van der Waals surface area contributed by atoms with Gasteiger partial charge in [0.25, 0.3) is 5.91 Å². The van der Waals surface area contributed by atoms with Gasteiger partial charge in [-0.05, 0) is 42.7 Å². The van der Waals surface area contributed by atoms with Gasteiger partial charge in [0.15, 0.2) is 11.9 Å². The number of ether oxygens (including phenoxy) is 2. The summed E-state index contributed by atoms with van der Waals surface area (Å²) in [5.41, 5.74) is 1.80. The smallest absolute Gasteiger partial charge is 0.259 e. The van der Waals surface area contributed by atoms with E-state index in [1.54, 1.807) is 37.6 Å². The van der Waals surface area contributed by atoms with Crippen LogP contribution in [-0.2, 0) is 9.53 Å². The van der Waals surface area contributed by atoms with Crippen molar-refractivity contribution in [2.45, 2.75) is 25.5 Å². The standard InChI is InChI=1S/C21H25N7O3S/c1-13-10-17(25-22-11-13)28-9-8-15(12-28)23-20-26-27-21(32-20)24-19(29)18(31-3)14-4-6-16(30-2)7-5-14/h4-7,10-11,15,18H,8-9,12H2,1-3H3,(H,23,26)(H,24,27,29)/t15-,18-/m1/s1. The highest BCUT2D eigenvalue weighted by atomic mass is 32.1. The Morgan fingerprint density at radius 3 is 2.69 bits per heavy atom. The van der Waals surface area contributed by atoms with Crippen molar-refractivity contribution in [2.75, 3.05) is 42.8 Å². The van der Waals surface area contributed by atoms with E-state index in [0.29, 0.717) is 16.0 Å². The fourth-order valence-electron chi connectivity index (χ4n) is 3.54. The summed E-state index contributed by atoms with van der Waals surface area (Å²) in [4.78, 5) is 14.9. The van der Waals surface area contributed by atoms with Crippen LogP contribution in [0.5, 0.6) is 5.75 Å². The maximum Gasteiger partial charge on any atom is 0.259 e. The first-order valence-corrected chi connectivity index (χ1v) is 11.0. The van der Waals surface area contributed by atoms with Crippen LogP contribution < -0.4 is 20.3 Å². The molecule has 1 aromatic carbocycles. The molecule has 0 saturated carbocycles. The molecule has 32 heavy (non-hydrogen) atoms. The van der Waals surface area contributed by atoms with Crippen LogP contribution in [0.15, 0.2) is 36.5 Å². The number of carbonyl (C=O) groups is 1. The van der Waals surface area contributed by atoms with Gasteiger partial charge in [0.1, 0.15) is 5.75 Å². The molecule has 10 nitrogen and oxygen atoms in total. The number of carbonyl (C=O) groups excluding carboxylic acids is 1. The Labute approximate surface area is 190 Å². The van der Waals surface area contributed by atoms with Crippen LogP contribution in [0.3, 0.4) is 0 Å². The number of hydrogen-bond donors (Lipinski definition) is 2. The number of rotatable bonds is 8. The fraction of sp³-hybridized carbons (Fsp3) is 0.381. The Morgan fingerprint density at radius 2 is 1.97 bits per heavy atom. The molecule has 11 heteroatoms. The van der Waals surface area contributed by atoms with Crippen molar-refractivity contribution in [1.29, 1.82) is 0 Å². The van der Waals surface area contributed by atoms with Crippen LogP contribution in [0.2, 0.25) is 0 Å². The molecule has 2 aromatic heterocycles. The molecule has 1 fully saturated rings. The average Bonchev–Trinajstić information content (AvgIpc) is 3.44. The molecule has 3 aromatic rings. The summed E-state index contributed by atoms with van der Waals surface area (Å²) in [7, 11) is 3.09. The number of benzene rings is 1. The summed E-state index contributed by atoms with van der Waals surface area (Å²) in [6, 6.07) is 9.40. The molecule has 0 radical (unpaired) electrons. The molecular formula is C21H25N7O3S. The van der Waals surface area contributed by atoms with Crippen molar-refractivity contribution in [3.63, 3.8) is 0 Å². The highest BCUT2D eigenvalue weighted by molar-refractivity contribution is 7.19. The highest BCUT2D eigenvalue weighted by Crippen LogP contribution is 2.27. The third-order valence-corrected chi connectivity index (χ3v) is 5.94. The summed E-state index contributed by atoms with van der Waals surface area (Å²) in [5, 5.41) is 23.7. The molecular weight excluding hydrogens is 430 g/mol. The summed E-state index contributed by atoms with van der Waals surface area (Å²) >= 11 is 1.29. The molecule has 2 atom stereocenters. The number of nitrogens with one attached hydrogen (secondary N) is 2. The lowest BCUT2D eigenvalue weighted by Gasteiger charge is -2.17. The summed E-state index contributed by atoms with van der Waals surface area (Å²) in [5.74, 6) is 1.28. The Morgan fingerprint density at radius 1 is 1.19 bits per heavy atom. The number of anilines is 3. The predicted octanol–water partition coefficient (Wildman–Crippen LogP) is 2.66. The first kappa shape index (κ1) is 21.9. The van der Waals surface area contributed by atoms with Crippen LogP contribution in [0.4, 0.5) is 16.1 Å². The monoisotopic (exact) mass is 455 g/mol. The van der Waals surface area contributed by atoms with E-state index in [1.807, 2.05) is 13.0 Å². The largest absolute Gasteiger partial charge is 0.497 e. The van der Waals surface area contributed by atoms with Crippen molar-refractivity contribution in [3.05, 3.63) is 47.7 Å². The Balaban J connectivity index is 1.33. The zero-order valence-electron chi connectivity index (χ0n) is 18.1. The van der Waals surface area contributed by atoms with Crippen molar-refractivity contribution >= 4 is 33.3 Å². The van der Waals surface area contributed by atoms with E-state index in [9.17, 15) is 4.79 Å². The maximum atomic E-state index is 12.7. The highest BCUT2D eigenvalue weighted by Gasteiger charge is 2.26. The van der Waals surface area contributed by atoms with Gasteiger partial charge in [-0.15, -0.1) is 15.3 Å². The third-order valence-electron chi connectivity index (χ3n) is 5.17. The molecule has 3 heterocycles. The Kier molecular flexibility index (Phi) is 6.76. The third kappa shape index (κ3) is 5.11. The zero-order valence-corrected chi connectivity index (χ0v) is 18.9. The molecule has 1 aliphatic rings.